The van der Waals surface area contributed by atoms with Crippen molar-refractivity contribution in [2.45, 2.75) is 31.1 Å². The maximum Gasteiger partial charge on any atom is 0.263 e. The van der Waals surface area contributed by atoms with Crippen molar-refractivity contribution in [1.29, 1.82) is 0 Å². The Labute approximate surface area is 143 Å². The summed E-state index contributed by atoms with van der Waals surface area (Å²) in [6, 6.07) is 4.66. The minimum absolute atomic E-state index is 0.0868. The van der Waals surface area contributed by atoms with E-state index in [-0.39, 0.29) is 10.0 Å². The van der Waals surface area contributed by atoms with Crippen LogP contribution in [0.1, 0.15) is 29.7 Å². The van der Waals surface area contributed by atoms with Crippen molar-refractivity contribution in [2.75, 3.05) is 4.72 Å². The summed E-state index contributed by atoms with van der Waals surface area (Å²) in [5.74, 6) is -0.935. The van der Waals surface area contributed by atoms with E-state index in [2.05, 4.69) is 9.71 Å². The number of nitrogens with one attached hydrogen (secondary N) is 1. The number of nitrogens with zero attached hydrogens (tertiary/aromatic N) is 1. The average Bonchev–Trinajstić information content (AvgIpc) is 2.89. The van der Waals surface area contributed by atoms with Gasteiger partial charge in [-0.05, 0) is 31.0 Å². The highest BCUT2D eigenvalue weighted by Gasteiger charge is 2.22. The van der Waals surface area contributed by atoms with Crippen LogP contribution in [0.15, 0.2) is 29.3 Å². The minimum atomic E-state index is -3.81. The van der Waals surface area contributed by atoms with Crippen LogP contribution >= 0.6 is 22.9 Å². The summed E-state index contributed by atoms with van der Waals surface area (Å²) in [4.78, 5) is 16.1. The summed E-state index contributed by atoms with van der Waals surface area (Å²) in [5.41, 5.74) is 5.79. The second kappa shape index (κ2) is 6.86. The van der Waals surface area contributed by atoms with Gasteiger partial charge in [0.2, 0.25) is 5.91 Å². The summed E-state index contributed by atoms with van der Waals surface area (Å²) in [6.07, 6.45) is 1.99. The van der Waals surface area contributed by atoms with Gasteiger partial charge in [0.1, 0.15) is 0 Å². The summed E-state index contributed by atoms with van der Waals surface area (Å²) in [5, 5.41) is 0.548. The lowest BCUT2D eigenvalue weighted by Crippen LogP contribution is -2.19. The molecular weight excluding hydrogens is 358 g/mol. The van der Waals surface area contributed by atoms with Crippen LogP contribution in [0.2, 0.25) is 5.02 Å². The average molecular weight is 374 g/mol. The molecule has 9 heteroatoms. The summed E-state index contributed by atoms with van der Waals surface area (Å²) >= 11 is 7.06. The Morgan fingerprint density at radius 1 is 1.48 bits per heavy atom. The van der Waals surface area contributed by atoms with Crippen LogP contribution in [0.5, 0.6) is 0 Å². The quantitative estimate of drug-likeness (QED) is 0.812. The van der Waals surface area contributed by atoms with Gasteiger partial charge >= 0.3 is 0 Å². The van der Waals surface area contributed by atoms with E-state index in [0.29, 0.717) is 21.9 Å². The third-order valence-corrected chi connectivity index (χ3v) is 6.40. The van der Waals surface area contributed by atoms with E-state index in [1.807, 2.05) is 6.92 Å². The van der Waals surface area contributed by atoms with Gasteiger partial charge in [0.05, 0.1) is 10.8 Å². The molecule has 0 saturated heterocycles. The number of anilines is 1. The lowest BCUT2D eigenvalue weighted by Gasteiger charge is -2.09. The van der Waals surface area contributed by atoms with Crippen LogP contribution in [0.25, 0.3) is 0 Å². The fourth-order valence-electron chi connectivity index (χ4n) is 2.09. The Hall–Kier alpha value is -1.64. The summed E-state index contributed by atoms with van der Waals surface area (Å²) in [6.45, 7) is 3.46. The monoisotopic (exact) mass is 373 g/mol. The van der Waals surface area contributed by atoms with Crippen molar-refractivity contribution < 1.29 is 13.2 Å². The Morgan fingerprint density at radius 3 is 2.78 bits per heavy atom. The lowest BCUT2D eigenvalue weighted by atomic mass is 10.1. The van der Waals surface area contributed by atoms with Crippen LogP contribution in [0.4, 0.5) is 5.13 Å². The van der Waals surface area contributed by atoms with Crippen molar-refractivity contribution >= 4 is 44.0 Å². The molecule has 0 aliphatic rings. The molecule has 2 aromatic rings. The maximum atomic E-state index is 12.5. The van der Waals surface area contributed by atoms with E-state index >= 15 is 0 Å². The molecule has 0 bridgehead atoms. The molecule has 0 saturated carbocycles. The largest absolute Gasteiger partial charge is 0.369 e. The number of carbonyl (C=O) groups excluding carboxylic acids is 1. The second-order valence-corrected chi connectivity index (χ2v) is 8.02. The highest BCUT2D eigenvalue weighted by Crippen LogP contribution is 2.30. The molecule has 0 aliphatic heterocycles. The van der Waals surface area contributed by atoms with Crippen LogP contribution in [-0.2, 0) is 14.8 Å². The molecule has 2 rings (SSSR count). The summed E-state index contributed by atoms with van der Waals surface area (Å²) in [7, 11) is -3.81. The number of primary amides is 1. The molecule has 1 aromatic carbocycles. The zero-order chi connectivity index (χ0) is 17.2. The van der Waals surface area contributed by atoms with Gasteiger partial charge in [-0.15, -0.1) is 11.3 Å². The number of benzene rings is 1. The predicted molar refractivity (Wildman–Crippen MR) is 91.3 cm³/mol. The Morgan fingerprint density at radius 2 is 2.17 bits per heavy atom. The molecule has 1 amide bonds. The molecule has 0 spiro atoms. The summed E-state index contributed by atoms with van der Waals surface area (Å²) < 4.78 is 27.3. The van der Waals surface area contributed by atoms with Gasteiger partial charge in [-0.3, -0.25) is 9.52 Å². The third-order valence-electron chi connectivity index (χ3n) is 3.35. The number of sulfonamides is 1. The molecular formula is C14H16ClN3O3S2. The Kier molecular flexibility index (Phi) is 5.28. The number of carbonyl (C=O) groups is 1. The van der Waals surface area contributed by atoms with Crippen LogP contribution in [-0.4, -0.2) is 19.3 Å². The van der Waals surface area contributed by atoms with Crippen molar-refractivity contribution in [3.63, 3.8) is 0 Å². The zero-order valence-electron chi connectivity index (χ0n) is 12.5. The number of aromatic nitrogens is 1. The van der Waals surface area contributed by atoms with Crippen molar-refractivity contribution in [1.82, 2.24) is 4.98 Å². The third kappa shape index (κ3) is 3.82. The molecule has 1 atom stereocenters. The smallest absolute Gasteiger partial charge is 0.263 e. The van der Waals surface area contributed by atoms with E-state index in [1.54, 1.807) is 19.1 Å². The van der Waals surface area contributed by atoms with Gasteiger partial charge < -0.3 is 5.73 Å². The number of amides is 1. The number of hydrogen-bond donors (Lipinski definition) is 2. The van der Waals surface area contributed by atoms with E-state index in [1.165, 1.54) is 12.3 Å². The van der Waals surface area contributed by atoms with Crippen molar-refractivity contribution in [2.24, 2.45) is 5.73 Å². The molecule has 124 valence electrons. The first-order chi connectivity index (χ1) is 10.8. The van der Waals surface area contributed by atoms with Gasteiger partial charge in [-0.2, -0.15) is 0 Å². The Balaban J connectivity index is 2.30. The number of hydrogen-bond acceptors (Lipinski definition) is 5. The fourth-order valence-corrected chi connectivity index (χ4v) is 4.84. The van der Waals surface area contributed by atoms with Gasteiger partial charge in [0.25, 0.3) is 10.0 Å². The highest BCUT2D eigenvalue weighted by atomic mass is 35.5. The second-order valence-electron chi connectivity index (χ2n) is 4.90. The number of rotatable bonds is 6. The van der Waals surface area contributed by atoms with Gasteiger partial charge in [-0.25, -0.2) is 13.4 Å². The molecule has 1 aromatic heterocycles. The molecule has 0 radical (unpaired) electrons. The van der Waals surface area contributed by atoms with Crippen molar-refractivity contribution in [3.05, 3.63) is 39.9 Å². The molecule has 1 heterocycles. The van der Waals surface area contributed by atoms with Gasteiger partial charge in [-0.1, -0.05) is 24.6 Å². The zero-order valence-corrected chi connectivity index (χ0v) is 14.9. The number of thiazole rings is 1. The van der Waals surface area contributed by atoms with E-state index in [9.17, 15) is 13.2 Å². The Bertz CT molecular complexity index is 834. The normalized spacial score (nSPS) is 12.8. The standard InChI is InChI=1S/C14H16ClN3O3S2/c1-3-9(13(16)19)11-7-17-14(22-11)18-23(20,21)12-6-4-5-10(15)8(12)2/h4-7,9H,3H2,1-2H3,(H2,16,19)(H,17,18). The SMILES string of the molecule is CCC(C(N)=O)c1cnc(NS(=O)(=O)c2cccc(Cl)c2C)s1. The van der Waals surface area contributed by atoms with Crippen LogP contribution < -0.4 is 10.5 Å². The molecule has 6 nitrogen and oxygen atoms in total. The minimum Gasteiger partial charge on any atom is -0.369 e. The lowest BCUT2D eigenvalue weighted by molar-refractivity contribution is -0.119. The first kappa shape index (κ1) is 17.7. The van der Waals surface area contributed by atoms with E-state index < -0.39 is 21.8 Å². The molecule has 0 fully saturated rings. The first-order valence-corrected chi connectivity index (χ1v) is 9.47. The first-order valence-electron chi connectivity index (χ1n) is 6.79. The van der Waals surface area contributed by atoms with Gasteiger partial charge in [0.15, 0.2) is 5.13 Å². The molecule has 3 N–H and O–H groups in total. The fraction of sp³-hybridized carbons (Fsp3) is 0.286. The number of nitrogens with two attached hydrogens (primary N) is 1. The van der Waals surface area contributed by atoms with E-state index in [4.69, 9.17) is 17.3 Å². The topological polar surface area (TPSA) is 102 Å². The predicted octanol–water partition coefficient (Wildman–Crippen LogP) is 2.88. The molecule has 23 heavy (non-hydrogen) atoms. The highest BCUT2D eigenvalue weighted by molar-refractivity contribution is 7.93. The van der Waals surface area contributed by atoms with Gasteiger partial charge in [0, 0.05) is 16.1 Å². The molecule has 0 aliphatic carbocycles. The van der Waals surface area contributed by atoms with Crippen LogP contribution in [0.3, 0.4) is 0 Å². The van der Waals surface area contributed by atoms with Crippen molar-refractivity contribution in [3.8, 4) is 0 Å². The maximum absolute atomic E-state index is 12.5. The molecule has 1 unspecified atom stereocenters. The number of halogens is 1. The van der Waals surface area contributed by atoms with Crippen LogP contribution in [0, 0.1) is 6.92 Å². The van der Waals surface area contributed by atoms with E-state index in [0.717, 1.165) is 11.3 Å².